The molecule has 4 N–H and O–H groups in total. The number of rotatable bonds is 11. The number of nitrogens with zero attached hydrogens (tertiary/aromatic N) is 4. The van der Waals surface area contributed by atoms with E-state index in [1.165, 1.54) is 6.92 Å². The minimum atomic E-state index is -5.12. The molecule has 0 radical (unpaired) electrons. The Morgan fingerprint density at radius 1 is 1.30 bits per heavy atom. The predicted octanol–water partition coefficient (Wildman–Crippen LogP) is 1.75. The highest BCUT2D eigenvalue weighted by Gasteiger charge is 2.40. The molecule has 2 aromatic rings. The third-order valence-corrected chi connectivity index (χ3v) is 5.60. The highest BCUT2D eigenvalue weighted by atomic mass is 35.5. The minimum absolute atomic E-state index is 0.0841. The number of ether oxygens (including phenoxy) is 4. The first-order chi connectivity index (χ1) is 17.1. The summed E-state index contributed by atoms with van der Waals surface area (Å²) in [7, 11) is -4.04. The molecular weight excluding hydrogens is 544 g/mol. The van der Waals surface area contributed by atoms with Crippen LogP contribution in [-0.2, 0) is 28.3 Å². The van der Waals surface area contributed by atoms with Crippen LogP contribution >= 0.6 is 19.2 Å². The van der Waals surface area contributed by atoms with Crippen LogP contribution in [0.15, 0.2) is 6.33 Å². The zero-order valence-electron chi connectivity index (χ0n) is 20.5. The van der Waals surface area contributed by atoms with E-state index in [9.17, 15) is 29.0 Å². The van der Waals surface area contributed by atoms with E-state index in [2.05, 4.69) is 25.0 Å². The zero-order valence-corrected chi connectivity index (χ0v) is 22.1. The molecule has 0 aliphatic carbocycles. The van der Waals surface area contributed by atoms with Crippen LogP contribution in [0.5, 0.6) is 0 Å². The van der Waals surface area contributed by atoms with Gasteiger partial charge in [0, 0.05) is 7.11 Å². The summed E-state index contributed by atoms with van der Waals surface area (Å²) in [6.07, 6.45) is -5.78. The van der Waals surface area contributed by atoms with Crippen LogP contribution in [-0.4, -0.2) is 90.5 Å². The van der Waals surface area contributed by atoms with E-state index < -0.39 is 56.2 Å². The molecule has 208 valence electrons. The lowest BCUT2D eigenvalue weighted by atomic mass is 10.2. The van der Waals surface area contributed by atoms with Crippen LogP contribution in [0.1, 0.15) is 34.0 Å². The number of hydrogen-bond donors (Lipinski definition) is 4. The smallest absolute Gasteiger partial charge is 0.413 e. The Bertz CT molecular complexity index is 1160. The van der Waals surface area contributed by atoms with E-state index in [1.807, 2.05) is 0 Å². The van der Waals surface area contributed by atoms with Crippen molar-refractivity contribution in [3.8, 4) is 0 Å². The summed E-state index contributed by atoms with van der Waals surface area (Å²) in [5.74, 6) is -3.83. The van der Waals surface area contributed by atoms with E-state index in [-0.39, 0.29) is 28.9 Å². The summed E-state index contributed by atoms with van der Waals surface area (Å²) in [6, 6.07) is 0. The Balaban J connectivity index is 2.27. The largest absolute Gasteiger partial charge is 0.464 e. The number of amides is 1. The fourth-order valence-corrected chi connectivity index (χ4v) is 3.70. The third-order valence-electron chi connectivity index (χ3n) is 4.46. The second-order valence-corrected chi connectivity index (χ2v) is 10.4. The summed E-state index contributed by atoms with van der Waals surface area (Å²) in [5, 5.41) is 12.5. The van der Waals surface area contributed by atoms with Crippen LogP contribution in [0.3, 0.4) is 0 Å². The number of aliphatic hydroxyl groups excluding tert-OH is 1. The number of anilines is 1. The molecule has 2 rings (SSSR count). The molecule has 0 aliphatic rings. The van der Waals surface area contributed by atoms with Gasteiger partial charge in [0.2, 0.25) is 11.6 Å². The molecule has 0 aliphatic heterocycles. The number of halogens is 2. The number of esters is 1. The summed E-state index contributed by atoms with van der Waals surface area (Å²) in [4.78, 5) is 54.5. The highest BCUT2D eigenvalue weighted by Crippen LogP contribution is 2.42. The Morgan fingerprint density at radius 2 is 1.95 bits per heavy atom. The number of carbonyl (C=O) groups is 2. The molecule has 37 heavy (non-hydrogen) atoms. The topological polar surface area (TPSA) is 204 Å². The van der Waals surface area contributed by atoms with Crippen LogP contribution in [0.4, 0.5) is 15.0 Å². The fourth-order valence-electron chi connectivity index (χ4n) is 2.91. The van der Waals surface area contributed by atoms with Crippen LogP contribution in [0.2, 0.25) is 5.28 Å². The zero-order chi connectivity index (χ0) is 28.1. The number of imidazole rings is 1. The number of fused-ring (bicyclic) bond motifs is 1. The molecule has 0 saturated carbocycles. The maximum atomic E-state index is 15.4. The van der Waals surface area contributed by atoms with E-state index in [0.29, 0.717) is 0 Å². The molecule has 0 bridgehead atoms. The van der Waals surface area contributed by atoms with Crippen molar-refractivity contribution in [3.63, 3.8) is 0 Å². The van der Waals surface area contributed by atoms with Gasteiger partial charge in [-0.1, -0.05) is 0 Å². The predicted molar refractivity (Wildman–Crippen MR) is 126 cm³/mol. The second kappa shape index (κ2) is 12.4. The number of aliphatic hydroxyl groups is 1. The lowest BCUT2D eigenvalue weighted by molar-refractivity contribution is -0.157. The molecule has 4 atom stereocenters. The van der Waals surface area contributed by atoms with Crippen molar-refractivity contribution in [1.82, 2.24) is 19.5 Å². The van der Waals surface area contributed by atoms with Crippen molar-refractivity contribution in [2.24, 2.45) is 0 Å². The molecule has 0 fully saturated rings. The monoisotopic (exact) mass is 571 g/mol. The second-order valence-electron chi connectivity index (χ2n) is 8.46. The van der Waals surface area contributed by atoms with Crippen molar-refractivity contribution in [3.05, 3.63) is 11.6 Å². The fraction of sp³-hybridized carbons (Fsp3) is 0.632. The molecule has 0 spiro atoms. The van der Waals surface area contributed by atoms with Gasteiger partial charge in [-0.25, -0.2) is 19.0 Å². The van der Waals surface area contributed by atoms with Gasteiger partial charge in [-0.15, -0.1) is 0 Å². The molecule has 1 amide bonds. The van der Waals surface area contributed by atoms with Gasteiger partial charge in [-0.2, -0.15) is 9.97 Å². The molecule has 18 heteroatoms. The average molecular weight is 572 g/mol. The van der Waals surface area contributed by atoms with E-state index >= 15 is 4.39 Å². The van der Waals surface area contributed by atoms with Crippen molar-refractivity contribution in [1.29, 1.82) is 0 Å². The number of aromatic nitrogens is 4. The summed E-state index contributed by atoms with van der Waals surface area (Å²) >= 11 is 5.92. The van der Waals surface area contributed by atoms with Gasteiger partial charge in [-0.05, 0) is 39.3 Å². The van der Waals surface area contributed by atoms with Gasteiger partial charge in [0.15, 0.2) is 17.0 Å². The van der Waals surface area contributed by atoms with Crippen molar-refractivity contribution >= 4 is 48.2 Å². The van der Waals surface area contributed by atoms with Gasteiger partial charge in [-0.3, -0.25) is 14.4 Å². The SMILES string of the molecule is CCOC(=O)C(OC[C@@H](OC)[C@@H](O)[C@H](F)n1cnc2c(NC(=O)OC(C)(C)C)nc(Cl)nc21)P(=O)(O)O. The molecule has 2 heterocycles. The number of methoxy groups -OCH3 is 1. The van der Waals surface area contributed by atoms with Crippen molar-refractivity contribution < 1.29 is 52.4 Å². The summed E-state index contributed by atoms with van der Waals surface area (Å²) < 4.78 is 47.5. The van der Waals surface area contributed by atoms with E-state index in [4.69, 9.17) is 25.8 Å². The summed E-state index contributed by atoms with van der Waals surface area (Å²) in [5.41, 5.74) is -1.12. The Kier molecular flexibility index (Phi) is 10.3. The molecule has 0 aromatic carbocycles. The standard InChI is InChI=1S/C19H28ClFN5O10P/c1-6-34-15(28)16(37(30,31)32)35-7-9(33-5)11(27)12(21)26-8-22-10-13(23-17(20)25-14(10)26)24-18(29)36-19(2,3)4/h8-9,11-12,16,27H,6-7H2,1-5H3,(H2,30,31,32)(H,23,24,25,29)/t9-,11-,12-,16?/m1/s1. The molecule has 15 nitrogen and oxygen atoms in total. The number of nitrogens with one attached hydrogen (secondary N) is 1. The Hall–Kier alpha value is -2.46. The average Bonchev–Trinajstić information content (AvgIpc) is 3.17. The van der Waals surface area contributed by atoms with Crippen molar-refractivity contribution in [2.45, 2.75) is 57.6 Å². The van der Waals surface area contributed by atoms with Crippen molar-refractivity contribution in [2.75, 3.05) is 25.6 Å². The Labute approximate surface area is 215 Å². The third kappa shape index (κ3) is 8.26. The lowest BCUT2D eigenvalue weighted by Gasteiger charge is -2.26. The summed E-state index contributed by atoms with van der Waals surface area (Å²) in [6.45, 7) is 5.37. The first kappa shape index (κ1) is 30.8. The molecule has 0 saturated heterocycles. The number of alkyl halides is 1. The molecular formula is C19H28ClFN5O10P. The van der Waals surface area contributed by atoms with Crippen LogP contribution in [0, 0.1) is 0 Å². The van der Waals surface area contributed by atoms with Crippen LogP contribution in [0.25, 0.3) is 11.2 Å². The first-order valence-corrected chi connectivity index (χ1v) is 12.7. The van der Waals surface area contributed by atoms with Crippen LogP contribution < -0.4 is 5.32 Å². The Morgan fingerprint density at radius 3 is 2.49 bits per heavy atom. The van der Waals surface area contributed by atoms with E-state index in [1.54, 1.807) is 20.8 Å². The van der Waals surface area contributed by atoms with E-state index in [0.717, 1.165) is 18.0 Å². The van der Waals surface area contributed by atoms with Gasteiger partial charge < -0.3 is 33.8 Å². The van der Waals surface area contributed by atoms with Gasteiger partial charge in [0.05, 0.1) is 19.5 Å². The van der Waals surface area contributed by atoms with Gasteiger partial charge >= 0.3 is 19.7 Å². The molecule has 2 aromatic heterocycles. The van der Waals surface area contributed by atoms with Gasteiger partial charge in [0.25, 0.3) is 5.85 Å². The maximum absolute atomic E-state index is 15.4. The maximum Gasteiger partial charge on any atom is 0.413 e. The number of hydrogen-bond acceptors (Lipinski definition) is 11. The molecule has 1 unspecified atom stereocenters. The number of carbonyl (C=O) groups excluding carboxylic acids is 2. The minimum Gasteiger partial charge on any atom is -0.464 e. The van der Waals surface area contributed by atoms with Gasteiger partial charge in [0.1, 0.15) is 17.8 Å². The normalized spacial score (nSPS) is 15.6. The first-order valence-electron chi connectivity index (χ1n) is 10.7. The quantitative estimate of drug-likeness (QED) is 0.172. The lowest BCUT2D eigenvalue weighted by Crippen LogP contribution is -2.40. The highest BCUT2D eigenvalue weighted by molar-refractivity contribution is 7.53.